The number of para-hydroxylation sites is 1. The van der Waals surface area contributed by atoms with Crippen molar-refractivity contribution >= 4 is 17.4 Å². The summed E-state index contributed by atoms with van der Waals surface area (Å²) in [5.74, 6) is 0.286. The molecular formula is C14H18N4O. The molecule has 2 rings (SSSR count). The first-order valence-electron chi connectivity index (χ1n) is 6.37. The molecule has 0 saturated heterocycles. The topological polar surface area (TPSA) is 64.2 Å². The zero-order valence-electron chi connectivity index (χ0n) is 11.2. The largest absolute Gasteiger partial charge is 0.382 e. The molecule has 0 radical (unpaired) electrons. The first-order chi connectivity index (χ1) is 9.17. The summed E-state index contributed by atoms with van der Waals surface area (Å²) in [4.78, 5) is 14.3. The minimum absolute atomic E-state index is 0.0836. The zero-order valence-corrected chi connectivity index (χ0v) is 11.2. The maximum Gasteiger partial charge on any atom is 0.276 e. The van der Waals surface area contributed by atoms with E-state index in [2.05, 4.69) is 5.10 Å². The third-order valence-electron chi connectivity index (χ3n) is 2.95. The average Bonchev–Trinajstić information content (AvgIpc) is 2.82. The summed E-state index contributed by atoms with van der Waals surface area (Å²) in [7, 11) is 0. The molecule has 0 unspecified atom stereocenters. The van der Waals surface area contributed by atoms with Gasteiger partial charge in [0.1, 0.15) is 11.5 Å². The molecule has 0 aliphatic carbocycles. The Bertz CT molecular complexity index is 562. The van der Waals surface area contributed by atoms with Gasteiger partial charge < -0.3 is 10.6 Å². The molecule has 5 heteroatoms. The lowest BCUT2D eigenvalue weighted by molar-refractivity contribution is 0.0978. The zero-order chi connectivity index (χ0) is 13.8. The van der Waals surface area contributed by atoms with Crippen molar-refractivity contribution in [1.29, 1.82) is 0 Å². The molecule has 2 N–H and O–H groups in total. The van der Waals surface area contributed by atoms with Crippen molar-refractivity contribution in [1.82, 2.24) is 9.78 Å². The number of carbonyl (C=O) groups is 1. The molecular weight excluding hydrogens is 240 g/mol. The molecule has 0 fully saturated rings. The van der Waals surface area contributed by atoms with Crippen LogP contribution in [-0.4, -0.2) is 22.2 Å². The molecule has 0 bridgehead atoms. The van der Waals surface area contributed by atoms with Crippen LogP contribution in [0, 0.1) is 0 Å². The number of rotatable bonds is 4. The van der Waals surface area contributed by atoms with Gasteiger partial charge in [-0.3, -0.25) is 9.48 Å². The Hall–Kier alpha value is -2.30. The van der Waals surface area contributed by atoms with Crippen molar-refractivity contribution in [2.24, 2.45) is 0 Å². The van der Waals surface area contributed by atoms with Crippen molar-refractivity contribution < 1.29 is 4.79 Å². The number of aryl methyl sites for hydroxylation is 1. The van der Waals surface area contributed by atoms with E-state index in [0.717, 1.165) is 5.69 Å². The van der Waals surface area contributed by atoms with E-state index in [1.165, 1.54) is 0 Å². The van der Waals surface area contributed by atoms with Crippen LogP contribution >= 0.6 is 0 Å². The minimum atomic E-state index is -0.0836. The Kier molecular flexibility index (Phi) is 3.85. The van der Waals surface area contributed by atoms with Gasteiger partial charge in [-0.25, -0.2) is 0 Å². The van der Waals surface area contributed by atoms with Gasteiger partial charge in [-0.15, -0.1) is 0 Å². The van der Waals surface area contributed by atoms with Gasteiger partial charge in [0.25, 0.3) is 5.91 Å². The average molecular weight is 258 g/mol. The van der Waals surface area contributed by atoms with E-state index in [1.807, 2.05) is 44.2 Å². The molecule has 0 atom stereocenters. The predicted molar refractivity (Wildman–Crippen MR) is 76.1 cm³/mol. The maximum atomic E-state index is 12.6. The van der Waals surface area contributed by atoms with Crippen molar-refractivity contribution in [3.8, 4) is 0 Å². The van der Waals surface area contributed by atoms with E-state index in [9.17, 15) is 4.79 Å². The number of amides is 1. The highest BCUT2D eigenvalue weighted by molar-refractivity contribution is 6.05. The second kappa shape index (κ2) is 5.56. The lowest BCUT2D eigenvalue weighted by Crippen LogP contribution is -2.32. The van der Waals surface area contributed by atoms with Gasteiger partial charge in [0.2, 0.25) is 0 Å². The third kappa shape index (κ3) is 2.59. The highest BCUT2D eigenvalue weighted by Crippen LogP contribution is 2.17. The Morgan fingerprint density at radius 1 is 1.32 bits per heavy atom. The van der Waals surface area contributed by atoms with E-state index in [4.69, 9.17) is 5.73 Å². The molecule has 1 heterocycles. The molecule has 0 aliphatic rings. The summed E-state index contributed by atoms with van der Waals surface area (Å²) in [5.41, 5.74) is 7.06. The number of hydrogen-bond acceptors (Lipinski definition) is 3. The number of nitrogens with zero attached hydrogens (tertiary/aromatic N) is 3. The van der Waals surface area contributed by atoms with Gasteiger partial charge in [-0.05, 0) is 26.0 Å². The first kappa shape index (κ1) is 13.1. The van der Waals surface area contributed by atoms with Crippen LogP contribution in [0.25, 0.3) is 0 Å². The molecule has 1 amide bonds. The molecule has 0 spiro atoms. The fourth-order valence-electron chi connectivity index (χ4n) is 2.04. The fourth-order valence-corrected chi connectivity index (χ4v) is 2.04. The van der Waals surface area contributed by atoms with Crippen LogP contribution in [0.5, 0.6) is 0 Å². The number of hydrogen-bond donors (Lipinski definition) is 1. The van der Waals surface area contributed by atoms with Gasteiger partial charge in [-0.1, -0.05) is 18.2 Å². The number of anilines is 2. The Morgan fingerprint density at radius 3 is 2.58 bits per heavy atom. The second-order valence-corrected chi connectivity index (χ2v) is 4.16. The first-order valence-corrected chi connectivity index (χ1v) is 6.37. The second-order valence-electron chi connectivity index (χ2n) is 4.16. The maximum absolute atomic E-state index is 12.6. The van der Waals surface area contributed by atoms with E-state index < -0.39 is 0 Å². The van der Waals surface area contributed by atoms with E-state index in [1.54, 1.807) is 15.6 Å². The molecule has 100 valence electrons. The minimum Gasteiger partial charge on any atom is -0.382 e. The van der Waals surface area contributed by atoms with E-state index in [0.29, 0.717) is 24.6 Å². The van der Waals surface area contributed by atoms with Crippen LogP contribution in [0.3, 0.4) is 0 Å². The monoisotopic (exact) mass is 258 g/mol. The van der Waals surface area contributed by atoms with E-state index in [-0.39, 0.29) is 5.91 Å². The summed E-state index contributed by atoms with van der Waals surface area (Å²) in [5, 5.41) is 4.11. The van der Waals surface area contributed by atoms with Gasteiger partial charge >= 0.3 is 0 Å². The summed E-state index contributed by atoms with van der Waals surface area (Å²) in [6, 6.07) is 11.2. The highest BCUT2D eigenvalue weighted by atomic mass is 16.2. The quantitative estimate of drug-likeness (QED) is 0.914. The Balaban J connectivity index is 2.36. The number of benzene rings is 1. The standard InChI is InChI=1S/C14H18N4O/c1-3-17(11-8-6-5-7-9-11)14(19)12-10-13(15)16-18(12)4-2/h5-10H,3-4H2,1-2H3,(H2,15,16). The molecule has 2 aromatic rings. The Morgan fingerprint density at radius 2 is 2.00 bits per heavy atom. The number of aromatic nitrogens is 2. The highest BCUT2D eigenvalue weighted by Gasteiger charge is 2.20. The summed E-state index contributed by atoms with van der Waals surface area (Å²) in [6.07, 6.45) is 0. The van der Waals surface area contributed by atoms with Crippen LogP contribution in [0.4, 0.5) is 11.5 Å². The fraction of sp³-hybridized carbons (Fsp3) is 0.286. The SMILES string of the molecule is CCN(C(=O)c1cc(N)nn1CC)c1ccccc1. The van der Waals surface area contributed by atoms with Crippen molar-refractivity contribution in [2.75, 3.05) is 17.2 Å². The number of carbonyl (C=O) groups excluding carboxylic acids is 1. The lowest BCUT2D eigenvalue weighted by atomic mass is 10.2. The van der Waals surface area contributed by atoms with Crippen LogP contribution < -0.4 is 10.6 Å². The summed E-state index contributed by atoms with van der Waals surface area (Å²) < 4.78 is 1.63. The molecule has 1 aromatic heterocycles. The smallest absolute Gasteiger partial charge is 0.276 e. The lowest BCUT2D eigenvalue weighted by Gasteiger charge is -2.21. The van der Waals surface area contributed by atoms with Gasteiger partial charge in [0.15, 0.2) is 0 Å². The summed E-state index contributed by atoms with van der Waals surface area (Å²) in [6.45, 7) is 5.09. The predicted octanol–water partition coefficient (Wildman–Crippen LogP) is 2.15. The summed E-state index contributed by atoms with van der Waals surface area (Å²) >= 11 is 0. The molecule has 0 aliphatic heterocycles. The molecule has 19 heavy (non-hydrogen) atoms. The van der Waals surface area contributed by atoms with Crippen LogP contribution in [-0.2, 0) is 6.54 Å². The van der Waals surface area contributed by atoms with Crippen molar-refractivity contribution in [3.05, 3.63) is 42.1 Å². The van der Waals surface area contributed by atoms with Crippen LogP contribution in [0.2, 0.25) is 0 Å². The molecule has 5 nitrogen and oxygen atoms in total. The van der Waals surface area contributed by atoms with Crippen LogP contribution in [0.15, 0.2) is 36.4 Å². The normalized spacial score (nSPS) is 10.4. The van der Waals surface area contributed by atoms with E-state index >= 15 is 0 Å². The number of nitrogens with two attached hydrogens (primary N) is 1. The third-order valence-corrected chi connectivity index (χ3v) is 2.95. The van der Waals surface area contributed by atoms with Crippen molar-refractivity contribution in [3.63, 3.8) is 0 Å². The van der Waals surface area contributed by atoms with Gasteiger partial charge in [0, 0.05) is 24.8 Å². The Labute approximate surface area is 112 Å². The van der Waals surface area contributed by atoms with Gasteiger partial charge in [-0.2, -0.15) is 5.10 Å². The van der Waals surface area contributed by atoms with Crippen molar-refractivity contribution in [2.45, 2.75) is 20.4 Å². The number of nitrogen functional groups attached to an aromatic ring is 1. The van der Waals surface area contributed by atoms with Crippen LogP contribution in [0.1, 0.15) is 24.3 Å². The molecule has 1 aromatic carbocycles. The van der Waals surface area contributed by atoms with Gasteiger partial charge in [0.05, 0.1) is 0 Å². The molecule has 0 saturated carbocycles.